The highest BCUT2D eigenvalue weighted by atomic mass is 16.5. The van der Waals surface area contributed by atoms with E-state index in [2.05, 4.69) is 6.58 Å². The Morgan fingerprint density at radius 2 is 1.91 bits per heavy atom. The molecule has 1 fully saturated rings. The van der Waals surface area contributed by atoms with Crippen LogP contribution in [0.3, 0.4) is 0 Å². The average molecular weight is 156 g/mol. The summed E-state index contributed by atoms with van der Waals surface area (Å²) in [6, 6.07) is 0. The maximum atomic E-state index is 9.82. The fraction of sp³-hybridized carbons (Fsp3) is 0.778. The highest BCUT2D eigenvalue weighted by Gasteiger charge is 2.33. The minimum atomic E-state index is -0.697. The summed E-state index contributed by atoms with van der Waals surface area (Å²) in [5.41, 5.74) is -0.697. The van der Waals surface area contributed by atoms with E-state index in [0.717, 1.165) is 0 Å². The van der Waals surface area contributed by atoms with Gasteiger partial charge in [0.25, 0.3) is 0 Å². The Balaban J connectivity index is 2.62. The fourth-order valence-electron chi connectivity index (χ4n) is 1.74. The molecule has 1 saturated heterocycles. The van der Waals surface area contributed by atoms with Gasteiger partial charge in [-0.3, -0.25) is 0 Å². The SMILES string of the molecule is C=CC1(O)CC(C)OC(C)C1. The minimum absolute atomic E-state index is 0.141. The smallest absolute Gasteiger partial charge is 0.0874 e. The molecule has 1 N–H and O–H groups in total. The monoisotopic (exact) mass is 156 g/mol. The lowest BCUT2D eigenvalue weighted by Gasteiger charge is -2.36. The van der Waals surface area contributed by atoms with Crippen LogP contribution >= 0.6 is 0 Å². The molecule has 64 valence electrons. The molecule has 11 heavy (non-hydrogen) atoms. The number of hydrogen-bond acceptors (Lipinski definition) is 2. The second-order valence-corrected chi connectivity index (χ2v) is 3.47. The minimum Gasteiger partial charge on any atom is -0.386 e. The maximum Gasteiger partial charge on any atom is 0.0874 e. The molecule has 2 nitrogen and oxygen atoms in total. The number of ether oxygens (including phenoxy) is 1. The van der Waals surface area contributed by atoms with Crippen LogP contribution in [0.25, 0.3) is 0 Å². The summed E-state index contributed by atoms with van der Waals surface area (Å²) < 4.78 is 5.48. The molecule has 0 aliphatic carbocycles. The van der Waals surface area contributed by atoms with E-state index in [1.165, 1.54) is 0 Å². The normalized spacial score (nSPS) is 45.4. The van der Waals surface area contributed by atoms with Crippen molar-refractivity contribution >= 4 is 0 Å². The molecule has 0 spiro atoms. The Morgan fingerprint density at radius 1 is 1.45 bits per heavy atom. The average Bonchev–Trinajstić information content (AvgIpc) is 1.84. The van der Waals surface area contributed by atoms with Crippen LogP contribution in [0, 0.1) is 0 Å². The van der Waals surface area contributed by atoms with Crippen molar-refractivity contribution in [1.29, 1.82) is 0 Å². The lowest BCUT2D eigenvalue weighted by molar-refractivity contribution is -0.110. The lowest BCUT2D eigenvalue weighted by atomic mass is 9.88. The van der Waals surface area contributed by atoms with Gasteiger partial charge in [-0.05, 0) is 13.8 Å². The largest absolute Gasteiger partial charge is 0.386 e. The van der Waals surface area contributed by atoms with Crippen molar-refractivity contribution in [3.8, 4) is 0 Å². The molecule has 0 bridgehead atoms. The van der Waals surface area contributed by atoms with E-state index in [0.29, 0.717) is 12.8 Å². The summed E-state index contributed by atoms with van der Waals surface area (Å²) in [5, 5.41) is 9.82. The Morgan fingerprint density at radius 3 is 2.27 bits per heavy atom. The molecule has 0 amide bonds. The van der Waals surface area contributed by atoms with Gasteiger partial charge in [-0.15, -0.1) is 6.58 Å². The first-order valence-corrected chi connectivity index (χ1v) is 4.07. The van der Waals surface area contributed by atoms with Crippen LogP contribution in [0.4, 0.5) is 0 Å². The third kappa shape index (κ3) is 2.04. The summed E-state index contributed by atoms with van der Waals surface area (Å²) in [5.74, 6) is 0. The molecule has 2 atom stereocenters. The van der Waals surface area contributed by atoms with E-state index in [4.69, 9.17) is 4.74 Å². The van der Waals surface area contributed by atoms with E-state index in [1.54, 1.807) is 6.08 Å². The summed E-state index contributed by atoms with van der Waals surface area (Å²) in [6.07, 6.45) is 3.24. The van der Waals surface area contributed by atoms with E-state index in [-0.39, 0.29) is 12.2 Å². The molecule has 2 heteroatoms. The van der Waals surface area contributed by atoms with Crippen LogP contribution in [0.15, 0.2) is 12.7 Å². The van der Waals surface area contributed by atoms with Crippen LogP contribution in [0.5, 0.6) is 0 Å². The second kappa shape index (κ2) is 2.95. The molecule has 0 aromatic carbocycles. The van der Waals surface area contributed by atoms with Gasteiger partial charge in [0.05, 0.1) is 17.8 Å². The zero-order valence-electron chi connectivity index (χ0n) is 7.21. The highest BCUT2D eigenvalue weighted by molar-refractivity contribution is 5.00. The van der Waals surface area contributed by atoms with Gasteiger partial charge in [-0.1, -0.05) is 6.08 Å². The van der Waals surface area contributed by atoms with E-state index >= 15 is 0 Å². The zero-order chi connectivity index (χ0) is 8.48. The van der Waals surface area contributed by atoms with E-state index < -0.39 is 5.60 Å². The van der Waals surface area contributed by atoms with Crippen molar-refractivity contribution in [2.75, 3.05) is 0 Å². The summed E-state index contributed by atoms with van der Waals surface area (Å²) >= 11 is 0. The van der Waals surface area contributed by atoms with Crippen LogP contribution in [0.2, 0.25) is 0 Å². The first kappa shape index (κ1) is 8.75. The second-order valence-electron chi connectivity index (χ2n) is 3.47. The van der Waals surface area contributed by atoms with Gasteiger partial charge in [0.15, 0.2) is 0 Å². The van der Waals surface area contributed by atoms with Crippen molar-refractivity contribution in [3.05, 3.63) is 12.7 Å². The standard InChI is InChI=1S/C9H16O2/c1-4-9(10)5-7(2)11-8(3)6-9/h4,7-8,10H,1,5-6H2,2-3H3. The predicted octanol–water partition coefficient (Wildman–Crippen LogP) is 1.49. The lowest BCUT2D eigenvalue weighted by Crippen LogP contribution is -2.41. The molecule has 1 aliphatic rings. The van der Waals surface area contributed by atoms with Crippen LogP contribution < -0.4 is 0 Å². The molecular formula is C9H16O2. The Bertz CT molecular complexity index is 144. The first-order valence-electron chi connectivity index (χ1n) is 4.07. The Labute approximate surface area is 67.9 Å². The summed E-state index contributed by atoms with van der Waals surface area (Å²) in [7, 11) is 0. The molecule has 0 saturated carbocycles. The van der Waals surface area contributed by atoms with Gasteiger partial charge in [0, 0.05) is 12.8 Å². The van der Waals surface area contributed by atoms with Gasteiger partial charge in [-0.2, -0.15) is 0 Å². The third-order valence-electron chi connectivity index (χ3n) is 2.13. The molecule has 1 heterocycles. The van der Waals surface area contributed by atoms with Crippen molar-refractivity contribution in [2.45, 2.75) is 44.5 Å². The van der Waals surface area contributed by atoms with Gasteiger partial charge in [0.1, 0.15) is 0 Å². The van der Waals surface area contributed by atoms with Crippen LogP contribution in [-0.4, -0.2) is 22.9 Å². The highest BCUT2D eigenvalue weighted by Crippen LogP contribution is 2.29. The molecular weight excluding hydrogens is 140 g/mol. The van der Waals surface area contributed by atoms with Gasteiger partial charge in [0.2, 0.25) is 0 Å². The van der Waals surface area contributed by atoms with E-state index in [1.807, 2.05) is 13.8 Å². The quantitative estimate of drug-likeness (QED) is 0.583. The maximum absolute atomic E-state index is 9.82. The summed E-state index contributed by atoms with van der Waals surface area (Å²) in [4.78, 5) is 0. The van der Waals surface area contributed by atoms with Crippen molar-refractivity contribution in [1.82, 2.24) is 0 Å². The number of aliphatic hydroxyl groups is 1. The first-order chi connectivity index (χ1) is 5.06. The molecule has 0 aromatic rings. The molecule has 2 unspecified atom stereocenters. The fourth-order valence-corrected chi connectivity index (χ4v) is 1.74. The zero-order valence-corrected chi connectivity index (χ0v) is 7.21. The Kier molecular flexibility index (Phi) is 2.35. The topological polar surface area (TPSA) is 29.5 Å². The van der Waals surface area contributed by atoms with Crippen LogP contribution in [0.1, 0.15) is 26.7 Å². The van der Waals surface area contributed by atoms with Crippen molar-refractivity contribution in [2.24, 2.45) is 0 Å². The van der Waals surface area contributed by atoms with Gasteiger partial charge in [-0.25, -0.2) is 0 Å². The number of rotatable bonds is 1. The predicted molar refractivity (Wildman–Crippen MR) is 44.4 cm³/mol. The molecule has 1 rings (SSSR count). The van der Waals surface area contributed by atoms with Crippen molar-refractivity contribution in [3.63, 3.8) is 0 Å². The van der Waals surface area contributed by atoms with E-state index in [9.17, 15) is 5.11 Å². The van der Waals surface area contributed by atoms with Crippen LogP contribution in [-0.2, 0) is 4.74 Å². The number of hydrogen-bond donors (Lipinski definition) is 1. The third-order valence-corrected chi connectivity index (χ3v) is 2.13. The molecule has 1 aliphatic heterocycles. The van der Waals surface area contributed by atoms with Crippen molar-refractivity contribution < 1.29 is 9.84 Å². The van der Waals surface area contributed by atoms with Gasteiger partial charge >= 0.3 is 0 Å². The molecule has 0 radical (unpaired) electrons. The Hall–Kier alpha value is -0.340. The summed E-state index contributed by atoms with van der Waals surface area (Å²) in [6.45, 7) is 7.57. The molecule has 0 aromatic heterocycles. The van der Waals surface area contributed by atoms with Gasteiger partial charge < -0.3 is 9.84 Å².